The average Bonchev–Trinajstić information content (AvgIpc) is 3.67. The van der Waals surface area contributed by atoms with Gasteiger partial charge in [0.05, 0.1) is 5.56 Å². The van der Waals surface area contributed by atoms with E-state index in [2.05, 4.69) is 78.9 Å². The van der Waals surface area contributed by atoms with Crippen LogP contribution in [-0.4, -0.2) is 15.0 Å². The molecule has 0 aliphatic carbocycles. The maximum absolute atomic E-state index is 6.38. The predicted molar refractivity (Wildman–Crippen MR) is 182 cm³/mol. The molecule has 0 saturated heterocycles. The van der Waals surface area contributed by atoms with Gasteiger partial charge in [0.15, 0.2) is 17.5 Å². The summed E-state index contributed by atoms with van der Waals surface area (Å²) in [6.45, 7) is 0. The first-order valence-corrected chi connectivity index (χ1v) is 15.3. The Hall–Kier alpha value is -5.65. The zero-order chi connectivity index (χ0) is 29.0. The molecule has 0 amide bonds. The number of furan rings is 1. The lowest BCUT2D eigenvalue weighted by Gasteiger charge is -2.09. The highest BCUT2D eigenvalue weighted by atomic mass is 32.1. The second-order valence-corrected chi connectivity index (χ2v) is 11.9. The molecule has 0 N–H and O–H groups in total. The van der Waals surface area contributed by atoms with E-state index in [4.69, 9.17) is 19.4 Å². The molecule has 206 valence electrons. The molecular weight excluding hydrogens is 559 g/mol. The Labute approximate surface area is 256 Å². The quantitative estimate of drug-likeness (QED) is 0.207. The lowest BCUT2D eigenvalue weighted by atomic mass is 9.99. The zero-order valence-corrected chi connectivity index (χ0v) is 24.3. The average molecular weight is 582 g/mol. The monoisotopic (exact) mass is 581 g/mol. The summed E-state index contributed by atoms with van der Waals surface area (Å²) in [5.74, 6) is 1.83. The molecular formula is C39H23N3OS. The molecule has 0 radical (unpaired) electrons. The van der Waals surface area contributed by atoms with Gasteiger partial charge in [0.2, 0.25) is 0 Å². The SMILES string of the molecule is c1ccc(-c2nc(-c3ccc4sc5cccc(-c6ccccc6)c5c4c3)nc(-c3cccc4c3oc3ccccc34)n2)cc1. The van der Waals surface area contributed by atoms with Crippen molar-refractivity contribution in [3.63, 3.8) is 0 Å². The summed E-state index contributed by atoms with van der Waals surface area (Å²) in [5.41, 5.74) is 6.77. The number of thiophene rings is 1. The minimum Gasteiger partial charge on any atom is -0.455 e. The standard InChI is InChI=1S/C39H23N3OS/c1-3-11-24(12-4-1)27-16-10-20-34-35(27)31-23-26(21-22-33(31)44-34)38-40-37(25-13-5-2-6-14-25)41-39(42-38)30-18-9-17-29-28-15-7-8-19-32(28)43-36(29)30/h1-23H. The predicted octanol–water partition coefficient (Wildman–Crippen LogP) is 10.8. The van der Waals surface area contributed by atoms with Crippen molar-refractivity contribution in [2.24, 2.45) is 0 Å². The summed E-state index contributed by atoms with van der Waals surface area (Å²) in [5, 5.41) is 4.57. The third kappa shape index (κ3) is 4.02. The molecule has 0 aliphatic heterocycles. The maximum Gasteiger partial charge on any atom is 0.167 e. The highest BCUT2D eigenvalue weighted by molar-refractivity contribution is 7.26. The summed E-state index contributed by atoms with van der Waals surface area (Å²) in [7, 11) is 0. The van der Waals surface area contributed by atoms with Crippen molar-refractivity contribution in [1.82, 2.24) is 15.0 Å². The van der Waals surface area contributed by atoms with Crippen LogP contribution in [0.25, 0.3) is 87.4 Å². The van der Waals surface area contributed by atoms with Gasteiger partial charge >= 0.3 is 0 Å². The van der Waals surface area contributed by atoms with E-state index in [0.29, 0.717) is 17.5 Å². The molecule has 44 heavy (non-hydrogen) atoms. The van der Waals surface area contributed by atoms with E-state index in [-0.39, 0.29) is 0 Å². The normalized spacial score (nSPS) is 11.6. The Morgan fingerprint density at radius 3 is 1.93 bits per heavy atom. The van der Waals surface area contributed by atoms with Crippen LogP contribution in [0.1, 0.15) is 0 Å². The van der Waals surface area contributed by atoms with E-state index >= 15 is 0 Å². The van der Waals surface area contributed by atoms with Gasteiger partial charge in [0.1, 0.15) is 11.2 Å². The maximum atomic E-state index is 6.38. The number of hydrogen-bond acceptors (Lipinski definition) is 5. The summed E-state index contributed by atoms with van der Waals surface area (Å²) in [6.07, 6.45) is 0. The van der Waals surface area contributed by atoms with Crippen LogP contribution in [0.5, 0.6) is 0 Å². The van der Waals surface area contributed by atoms with Crippen molar-refractivity contribution in [3.05, 3.63) is 140 Å². The number of hydrogen-bond donors (Lipinski definition) is 0. The third-order valence-electron chi connectivity index (χ3n) is 8.15. The Balaban J connectivity index is 1.29. The lowest BCUT2D eigenvalue weighted by Crippen LogP contribution is -2.00. The van der Waals surface area contributed by atoms with Crippen molar-refractivity contribution in [2.45, 2.75) is 0 Å². The van der Waals surface area contributed by atoms with Gasteiger partial charge in [0, 0.05) is 42.1 Å². The van der Waals surface area contributed by atoms with Gasteiger partial charge in [-0.25, -0.2) is 15.0 Å². The number of para-hydroxylation sites is 2. The molecule has 4 nitrogen and oxygen atoms in total. The van der Waals surface area contributed by atoms with Crippen molar-refractivity contribution < 1.29 is 4.42 Å². The topological polar surface area (TPSA) is 51.8 Å². The van der Waals surface area contributed by atoms with E-state index in [1.54, 1.807) is 0 Å². The smallest absolute Gasteiger partial charge is 0.167 e. The second kappa shape index (κ2) is 9.97. The van der Waals surface area contributed by atoms with Crippen LogP contribution in [0, 0.1) is 0 Å². The van der Waals surface area contributed by atoms with Crippen LogP contribution in [-0.2, 0) is 0 Å². The number of nitrogens with zero attached hydrogens (tertiary/aromatic N) is 3. The molecule has 0 unspecified atom stereocenters. The second-order valence-electron chi connectivity index (χ2n) is 10.8. The van der Waals surface area contributed by atoms with Crippen LogP contribution in [0.15, 0.2) is 144 Å². The van der Waals surface area contributed by atoms with Crippen molar-refractivity contribution in [3.8, 4) is 45.3 Å². The molecule has 0 aliphatic rings. The van der Waals surface area contributed by atoms with Gasteiger partial charge in [-0.2, -0.15) is 0 Å². The van der Waals surface area contributed by atoms with Gasteiger partial charge in [0.25, 0.3) is 0 Å². The summed E-state index contributed by atoms with van der Waals surface area (Å²) in [6, 6.07) is 48.0. The molecule has 3 heterocycles. The molecule has 0 spiro atoms. The molecule has 0 bridgehead atoms. The Morgan fingerprint density at radius 1 is 0.432 bits per heavy atom. The van der Waals surface area contributed by atoms with E-state index < -0.39 is 0 Å². The molecule has 6 aromatic carbocycles. The Kier molecular flexibility index (Phi) is 5.64. The first-order chi connectivity index (χ1) is 21.8. The third-order valence-corrected chi connectivity index (χ3v) is 9.29. The lowest BCUT2D eigenvalue weighted by molar-refractivity contribution is 0.669. The zero-order valence-electron chi connectivity index (χ0n) is 23.4. The van der Waals surface area contributed by atoms with Gasteiger partial charge in [-0.05, 0) is 47.5 Å². The van der Waals surface area contributed by atoms with Gasteiger partial charge in [-0.15, -0.1) is 11.3 Å². The first kappa shape index (κ1) is 24.9. The van der Waals surface area contributed by atoms with Crippen molar-refractivity contribution >= 4 is 53.4 Å². The van der Waals surface area contributed by atoms with Gasteiger partial charge < -0.3 is 4.42 Å². The first-order valence-electron chi connectivity index (χ1n) is 14.5. The van der Waals surface area contributed by atoms with E-state index in [0.717, 1.165) is 38.6 Å². The Morgan fingerprint density at radius 2 is 1.09 bits per heavy atom. The van der Waals surface area contributed by atoms with Crippen LogP contribution in [0.3, 0.4) is 0 Å². The van der Waals surface area contributed by atoms with Crippen LogP contribution < -0.4 is 0 Å². The summed E-state index contributed by atoms with van der Waals surface area (Å²) < 4.78 is 8.87. The molecule has 9 aromatic rings. The molecule has 0 fully saturated rings. The van der Waals surface area contributed by atoms with E-state index in [1.165, 1.54) is 31.3 Å². The van der Waals surface area contributed by atoms with Gasteiger partial charge in [-0.1, -0.05) is 103 Å². The van der Waals surface area contributed by atoms with E-state index in [9.17, 15) is 0 Å². The highest BCUT2D eigenvalue weighted by Crippen LogP contribution is 2.42. The largest absolute Gasteiger partial charge is 0.455 e. The summed E-state index contributed by atoms with van der Waals surface area (Å²) in [4.78, 5) is 15.1. The fourth-order valence-corrected chi connectivity index (χ4v) is 7.20. The van der Waals surface area contributed by atoms with Crippen LogP contribution in [0.2, 0.25) is 0 Å². The minimum atomic E-state index is 0.582. The van der Waals surface area contributed by atoms with Crippen LogP contribution in [0.4, 0.5) is 0 Å². The Bertz CT molecular complexity index is 2500. The van der Waals surface area contributed by atoms with Crippen LogP contribution >= 0.6 is 11.3 Å². The number of rotatable bonds is 4. The fourth-order valence-electron chi connectivity index (χ4n) is 6.09. The fraction of sp³-hybridized carbons (Fsp3) is 0. The minimum absolute atomic E-state index is 0.582. The molecule has 9 rings (SSSR count). The van der Waals surface area contributed by atoms with E-state index in [1.807, 2.05) is 72.0 Å². The molecule has 0 saturated carbocycles. The molecule has 5 heteroatoms. The van der Waals surface area contributed by atoms with Crippen molar-refractivity contribution in [2.75, 3.05) is 0 Å². The van der Waals surface area contributed by atoms with Gasteiger partial charge in [-0.3, -0.25) is 0 Å². The van der Waals surface area contributed by atoms with Crippen molar-refractivity contribution in [1.29, 1.82) is 0 Å². The summed E-state index contributed by atoms with van der Waals surface area (Å²) >= 11 is 1.81. The number of fused-ring (bicyclic) bond motifs is 6. The number of benzene rings is 6. The molecule has 3 aromatic heterocycles. The highest BCUT2D eigenvalue weighted by Gasteiger charge is 2.18. The number of aromatic nitrogens is 3. The molecule has 0 atom stereocenters.